The zero-order valence-corrected chi connectivity index (χ0v) is 9.46. The minimum atomic E-state index is -5.16. The highest BCUT2D eigenvalue weighted by molar-refractivity contribution is 5.44. The molecule has 0 saturated carbocycles. The Kier molecular flexibility index (Phi) is 4.47. The Labute approximate surface area is 104 Å². The first-order valence-electron chi connectivity index (χ1n) is 4.77. The van der Waals surface area contributed by atoms with Crippen LogP contribution in [0, 0.1) is 11.3 Å². The molecule has 0 unspecified atom stereocenters. The Morgan fingerprint density at radius 1 is 1.42 bits per heavy atom. The summed E-state index contributed by atoms with van der Waals surface area (Å²) in [5, 5.41) is 8.44. The van der Waals surface area contributed by atoms with E-state index in [0.29, 0.717) is 6.07 Å². The van der Waals surface area contributed by atoms with Crippen molar-refractivity contribution in [3.63, 3.8) is 0 Å². The summed E-state index contributed by atoms with van der Waals surface area (Å²) in [5.74, 6) is -1.95. The molecule has 0 aromatic carbocycles. The first kappa shape index (κ1) is 14.9. The first-order valence-corrected chi connectivity index (χ1v) is 4.77. The Morgan fingerprint density at radius 3 is 2.47 bits per heavy atom. The Balaban J connectivity index is 3.37. The molecule has 104 valence electrons. The highest BCUT2D eigenvalue weighted by atomic mass is 19.4. The van der Waals surface area contributed by atoms with Crippen molar-refractivity contribution in [3.8, 4) is 17.7 Å². The Hall–Kier alpha value is -2.11. The van der Waals surface area contributed by atoms with Crippen molar-refractivity contribution in [1.82, 2.24) is 4.98 Å². The van der Waals surface area contributed by atoms with Crippen LogP contribution in [0.25, 0.3) is 0 Å². The number of ether oxygens (including phenoxy) is 2. The molecule has 0 aliphatic heterocycles. The zero-order chi connectivity index (χ0) is 14.6. The molecule has 0 N–H and O–H groups in total. The van der Waals surface area contributed by atoms with Crippen LogP contribution in [-0.4, -0.2) is 18.5 Å². The monoisotopic (exact) mass is 282 g/mol. The molecule has 19 heavy (non-hydrogen) atoms. The van der Waals surface area contributed by atoms with Gasteiger partial charge in [0.15, 0.2) is 5.75 Å². The number of rotatable bonds is 4. The van der Waals surface area contributed by atoms with Gasteiger partial charge in [-0.2, -0.15) is 5.26 Å². The SMILES string of the molecule is COc1nc(CC#N)cc(C(F)F)c1OC(F)(F)F. The lowest BCUT2D eigenvalue weighted by Gasteiger charge is -2.16. The maximum atomic E-state index is 12.7. The van der Waals surface area contributed by atoms with Crippen LogP contribution < -0.4 is 9.47 Å². The van der Waals surface area contributed by atoms with Crippen LogP contribution in [0.15, 0.2) is 6.07 Å². The third kappa shape index (κ3) is 3.94. The predicted molar refractivity (Wildman–Crippen MR) is 51.7 cm³/mol. The van der Waals surface area contributed by atoms with Gasteiger partial charge in [-0.15, -0.1) is 13.2 Å². The van der Waals surface area contributed by atoms with E-state index in [-0.39, 0.29) is 12.1 Å². The van der Waals surface area contributed by atoms with E-state index in [1.54, 1.807) is 6.07 Å². The normalized spacial score (nSPS) is 11.3. The molecular formula is C10H7F5N2O2. The summed E-state index contributed by atoms with van der Waals surface area (Å²) >= 11 is 0. The second-order valence-corrected chi connectivity index (χ2v) is 3.22. The van der Waals surface area contributed by atoms with Gasteiger partial charge in [0, 0.05) is 0 Å². The standard InChI is InChI=1S/C10H7F5N2O2/c1-18-9-7(19-10(13,14)15)6(8(11)12)4-5(17-9)2-3-16/h4,8H,2H2,1H3. The predicted octanol–water partition coefficient (Wildman–Crippen LogP) is 2.99. The first-order chi connectivity index (χ1) is 8.78. The van der Waals surface area contributed by atoms with Gasteiger partial charge >= 0.3 is 6.36 Å². The van der Waals surface area contributed by atoms with Crippen molar-refractivity contribution >= 4 is 0 Å². The van der Waals surface area contributed by atoms with Gasteiger partial charge in [-0.05, 0) is 6.07 Å². The second-order valence-electron chi connectivity index (χ2n) is 3.22. The van der Waals surface area contributed by atoms with E-state index >= 15 is 0 Å². The minimum Gasteiger partial charge on any atom is -0.478 e. The van der Waals surface area contributed by atoms with Gasteiger partial charge in [0.05, 0.1) is 30.9 Å². The van der Waals surface area contributed by atoms with Gasteiger partial charge < -0.3 is 9.47 Å². The molecule has 9 heteroatoms. The maximum absolute atomic E-state index is 12.7. The molecule has 0 atom stereocenters. The molecule has 0 amide bonds. The van der Waals surface area contributed by atoms with E-state index < -0.39 is 30.0 Å². The van der Waals surface area contributed by atoms with Crippen molar-refractivity contribution in [2.45, 2.75) is 19.2 Å². The summed E-state index contributed by atoms with van der Waals surface area (Å²) in [6, 6.07) is 2.32. The van der Waals surface area contributed by atoms with Gasteiger partial charge in [0.1, 0.15) is 0 Å². The average molecular weight is 282 g/mol. The molecule has 1 rings (SSSR count). The van der Waals surface area contributed by atoms with Gasteiger partial charge in [-0.3, -0.25) is 0 Å². The average Bonchev–Trinajstić information content (AvgIpc) is 2.28. The van der Waals surface area contributed by atoms with Gasteiger partial charge in [0.25, 0.3) is 12.3 Å². The van der Waals surface area contributed by atoms with Crippen LogP contribution in [0.2, 0.25) is 0 Å². The van der Waals surface area contributed by atoms with E-state index in [9.17, 15) is 22.0 Å². The molecule has 0 radical (unpaired) electrons. The van der Waals surface area contributed by atoms with Gasteiger partial charge in [-0.25, -0.2) is 13.8 Å². The smallest absolute Gasteiger partial charge is 0.478 e. The number of halogens is 5. The lowest BCUT2D eigenvalue weighted by Crippen LogP contribution is -2.19. The number of methoxy groups -OCH3 is 1. The lowest BCUT2D eigenvalue weighted by molar-refractivity contribution is -0.275. The summed E-state index contributed by atoms with van der Waals surface area (Å²) in [6.07, 6.45) is -8.73. The number of alkyl halides is 5. The molecule has 0 spiro atoms. The van der Waals surface area contributed by atoms with Crippen LogP contribution >= 0.6 is 0 Å². The second kappa shape index (κ2) is 5.69. The molecule has 0 aliphatic rings. The molecular weight excluding hydrogens is 275 g/mol. The summed E-state index contributed by atoms with van der Waals surface area (Å²) in [4.78, 5) is 3.51. The molecule has 1 heterocycles. The van der Waals surface area contributed by atoms with Crippen LogP contribution in [0.3, 0.4) is 0 Å². The van der Waals surface area contributed by atoms with E-state index in [4.69, 9.17) is 5.26 Å². The number of hydrogen-bond acceptors (Lipinski definition) is 4. The molecule has 0 fully saturated rings. The zero-order valence-electron chi connectivity index (χ0n) is 9.46. The minimum absolute atomic E-state index is 0.135. The van der Waals surface area contributed by atoms with E-state index in [1.807, 2.05) is 0 Å². The molecule has 0 aliphatic carbocycles. The lowest BCUT2D eigenvalue weighted by atomic mass is 10.2. The van der Waals surface area contributed by atoms with Crippen LogP contribution in [0.4, 0.5) is 22.0 Å². The van der Waals surface area contributed by atoms with Crippen molar-refractivity contribution in [1.29, 1.82) is 5.26 Å². The fourth-order valence-electron chi connectivity index (χ4n) is 1.27. The fourth-order valence-corrected chi connectivity index (χ4v) is 1.27. The molecule has 1 aromatic heterocycles. The molecule has 4 nitrogen and oxygen atoms in total. The van der Waals surface area contributed by atoms with Crippen molar-refractivity contribution in [2.24, 2.45) is 0 Å². The third-order valence-corrected chi connectivity index (χ3v) is 1.93. The van der Waals surface area contributed by atoms with E-state index in [2.05, 4.69) is 14.5 Å². The van der Waals surface area contributed by atoms with Gasteiger partial charge in [0.2, 0.25) is 0 Å². The topological polar surface area (TPSA) is 55.1 Å². The molecule has 0 bridgehead atoms. The Morgan fingerprint density at radius 2 is 2.05 bits per heavy atom. The number of nitriles is 1. The van der Waals surface area contributed by atoms with Crippen molar-refractivity contribution in [2.75, 3.05) is 7.11 Å². The summed E-state index contributed by atoms with van der Waals surface area (Å²) in [6.45, 7) is 0. The number of aromatic nitrogens is 1. The molecule has 1 aromatic rings. The largest absolute Gasteiger partial charge is 0.573 e. The van der Waals surface area contributed by atoms with Crippen LogP contribution in [-0.2, 0) is 6.42 Å². The van der Waals surface area contributed by atoms with E-state index in [1.165, 1.54) is 0 Å². The summed E-state index contributed by atoms with van der Waals surface area (Å²) in [7, 11) is 0.955. The quantitative estimate of drug-likeness (QED) is 0.797. The number of pyridine rings is 1. The van der Waals surface area contributed by atoms with Crippen LogP contribution in [0.1, 0.15) is 17.7 Å². The van der Waals surface area contributed by atoms with Crippen molar-refractivity contribution < 1.29 is 31.4 Å². The highest BCUT2D eigenvalue weighted by Gasteiger charge is 2.36. The molecule has 0 saturated heterocycles. The summed E-state index contributed by atoms with van der Waals surface area (Å²) < 4.78 is 69.9. The Bertz CT molecular complexity index is 496. The maximum Gasteiger partial charge on any atom is 0.573 e. The van der Waals surface area contributed by atoms with Crippen molar-refractivity contribution in [3.05, 3.63) is 17.3 Å². The number of hydrogen-bond donors (Lipinski definition) is 0. The highest BCUT2D eigenvalue weighted by Crippen LogP contribution is 2.39. The fraction of sp³-hybridized carbons (Fsp3) is 0.400. The number of nitrogens with zero attached hydrogens (tertiary/aromatic N) is 2. The van der Waals surface area contributed by atoms with Crippen LogP contribution in [0.5, 0.6) is 11.6 Å². The third-order valence-electron chi connectivity index (χ3n) is 1.93. The summed E-state index contributed by atoms with van der Waals surface area (Å²) in [5.41, 5.74) is -1.17. The van der Waals surface area contributed by atoms with Gasteiger partial charge in [-0.1, -0.05) is 0 Å². The van der Waals surface area contributed by atoms with E-state index in [0.717, 1.165) is 7.11 Å².